The van der Waals surface area contributed by atoms with Gasteiger partial charge in [-0.05, 0) is 49.5 Å². The number of nitrogens with zero attached hydrogens (tertiary/aromatic N) is 3. The number of nitrogens with two attached hydrogens (primary N) is 1. The molecule has 182 valence electrons. The highest BCUT2D eigenvalue weighted by Gasteiger charge is 2.29. The highest BCUT2D eigenvalue weighted by atomic mass is 32.1. The van der Waals surface area contributed by atoms with Gasteiger partial charge in [0, 0.05) is 44.1 Å². The summed E-state index contributed by atoms with van der Waals surface area (Å²) in [5, 5.41) is 3.56. The number of piperazine rings is 1. The predicted molar refractivity (Wildman–Crippen MR) is 131 cm³/mol. The van der Waals surface area contributed by atoms with Crippen LogP contribution in [-0.2, 0) is 22.4 Å². The fraction of sp³-hybridized carbons (Fsp3) is 0.708. The van der Waals surface area contributed by atoms with E-state index in [4.69, 9.17) is 5.73 Å². The van der Waals surface area contributed by atoms with Crippen LogP contribution in [0.15, 0.2) is 0 Å². The van der Waals surface area contributed by atoms with Gasteiger partial charge in [0.2, 0.25) is 11.8 Å². The maximum atomic E-state index is 12.8. The van der Waals surface area contributed by atoms with Crippen molar-refractivity contribution >= 4 is 34.1 Å². The van der Waals surface area contributed by atoms with Crippen molar-refractivity contribution in [3.63, 3.8) is 0 Å². The zero-order valence-electron chi connectivity index (χ0n) is 19.9. The summed E-state index contributed by atoms with van der Waals surface area (Å²) in [4.78, 5) is 45.0. The van der Waals surface area contributed by atoms with Gasteiger partial charge in [0.25, 0.3) is 5.91 Å². The fourth-order valence-corrected chi connectivity index (χ4v) is 6.86. The third kappa shape index (κ3) is 5.94. The topological polar surface area (TPSA) is 99.0 Å². The molecule has 0 saturated carbocycles. The number of carbonyl (C=O) groups excluding carboxylic acids is 3. The third-order valence-corrected chi connectivity index (χ3v) is 8.29. The zero-order valence-corrected chi connectivity index (χ0v) is 20.7. The van der Waals surface area contributed by atoms with E-state index < -0.39 is 5.91 Å². The molecule has 33 heavy (non-hydrogen) atoms. The van der Waals surface area contributed by atoms with Crippen LogP contribution in [0.3, 0.4) is 0 Å². The highest BCUT2D eigenvalue weighted by molar-refractivity contribution is 7.17. The first-order chi connectivity index (χ1) is 15.8. The van der Waals surface area contributed by atoms with Gasteiger partial charge in [0.1, 0.15) is 5.00 Å². The molecular weight excluding hydrogens is 438 g/mol. The predicted octanol–water partition coefficient (Wildman–Crippen LogP) is 1.79. The second kappa shape index (κ2) is 10.5. The van der Waals surface area contributed by atoms with E-state index in [1.54, 1.807) is 0 Å². The lowest BCUT2D eigenvalue weighted by Gasteiger charge is -2.38. The van der Waals surface area contributed by atoms with E-state index in [2.05, 4.69) is 29.0 Å². The summed E-state index contributed by atoms with van der Waals surface area (Å²) in [5.74, 6) is 0.784. The lowest BCUT2D eigenvalue weighted by atomic mass is 9.92. The molecule has 1 aromatic heterocycles. The molecule has 2 aliphatic heterocycles. The first-order valence-corrected chi connectivity index (χ1v) is 13.1. The van der Waals surface area contributed by atoms with E-state index in [0.29, 0.717) is 28.9 Å². The molecule has 2 atom stereocenters. The van der Waals surface area contributed by atoms with E-state index >= 15 is 0 Å². The first kappa shape index (κ1) is 24.2. The van der Waals surface area contributed by atoms with Gasteiger partial charge in [-0.25, -0.2) is 0 Å². The van der Waals surface area contributed by atoms with Gasteiger partial charge >= 0.3 is 0 Å². The summed E-state index contributed by atoms with van der Waals surface area (Å²) in [6, 6.07) is 0. The average molecular weight is 476 g/mol. The molecule has 3 aliphatic rings. The summed E-state index contributed by atoms with van der Waals surface area (Å²) >= 11 is 1.50. The molecule has 0 spiro atoms. The Morgan fingerprint density at radius 3 is 2.21 bits per heavy atom. The summed E-state index contributed by atoms with van der Waals surface area (Å²) in [7, 11) is 0. The van der Waals surface area contributed by atoms with Crippen LogP contribution >= 0.6 is 11.3 Å². The molecule has 1 aromatic rings. The number of amides is 3. The van der Waals surface area contributed by atoms with Crippen LogP contribution in [0.2, 0.25) is 0 Å². The van der Waals surface area contributed by atoms with Gasteiger partial charge in [-0.15, -0.1) is 11.3 Å². The van der Waals surface area contributed by atoms with Gasteiger partial charge in [-0.1, -0.05) is 13.8 Å². The Bertz CT molecular complexity index is 883. The van der Waals surface area contributed by atoms with Crippen molar-refractivity contribution in [3.8, 4) is 0 Å². The minimum atomic E-state index is -0.458. The fourth-order valence-electron chi connectivity index (χ4n) is 5.55. The molecule has 3 amide bonds. The lowest BCUT2D eigenvalue weighted by molar-refractivity contribution is -0.135. The number of fused-ring (bicyclic) bond motifs is 1. The molecule has 4 rings (SSSR count). The molecule has 2 unspecified atom stereocenters. The van der Waals surface area contributed by atoms with Crippen LogP contribution in [0.5, 0.6) is 0 Å². The summed E-state index contributed by atoms with van der Waals surface area (Å²) in [6.07, 6.45) is 5.17. The number of hydrogen-bond donors (Lipinski definition) is 2. The molecule has 2 fully saturated rings. The van der Waals surface area contributed by atoms with Crippen LogP contribution in [-0.4, -0.2) is 84.8 Å². The highest BCUT2D eigenvalue weighted by Crippen LogP contribution is 2.37. The van der Waals surface area contributed by atoms with Crippen molar-refractivity contribution < 1.29 is 14.4 Å². The minimum Gasteiger partial charge on any atom is -0.365 e. The first-order valence-electron chi connectivity index (χ1n) is 12.3. The molecule has 3 N–H and O–H groups in total. The second-order valence-corrected chi connectivity index (χ2v) is 11.2. The standard InChI is InChI=1S/C24H37N5O3S/c1-16-11-17(2)13-29(12-16)21(31)15-28-9-7-27(8-10-28)14-20(30)26-24-22(23(25)32)18-5-3-4-6-19(18)33-24/h16-17H,3-15H2,1-2H3,(H2,25,32)(H,26,30). The van der Waals surface area contributed by atoms with E-state index in [0.717, 1.165) is 70.5 Å². The number of anilines is 1. The number of aryl methyl sites for hydroxylation is 1. The molecule has 9 heteroatoms. The number of hydrogen-bond acceptors (Lipinski definition) is 6. The number of piperidine rings is 1. The second-order valence-electron chi connectivity index (χ2n) is 10.1. The van der Waals surface area contributed by atoms with E-state index in [1.807, 2.05) is 4.90 Å². The smallest absolute Gasteiger partial charge is 0.251 e. The van der Waals surface area contributed by atoms with Crippen molar-refractivity contribution in [3.05, 3.63) is 16.0 Å². The van der Waals surface area contributed by atoms with Crippen LogP contribution in [0, 0.1) is 11.8 Å². The normalized spacial score (nSPS) is 24.4. The molecule has 2 saturated heterocycles. The number of nitrogens with one attached hydrogen (secondary N) is 1. The average Bonchev–Trinajstić information content (AvgIpc) is 3.12. The molecular formula is C24H37N5O3S. The summed E-state index contributed by atoms with van der Waals surface area (Å²) in [6.45, 7) is 9.95. The van der Waals surface area contributed by atoms with Crippen molar-refractivity contribution in [2.75, 3.05) is 57.7 Å². The van der Waals surface area contributed by atoms with E-state index in [1.165, 1.54) is 22.6 Å². The number of carbonyl (C=O) groups is 3. The maximum Gasteiger partial charge on any atom is 0.251 e. The number of rotatable bonds is 6. The number of likely N-dealkylation sites (tertiary alicyclic amines) is 1. The summed E-state index contributed by atoms with van der Waals surface area (Å²) in [5.41, 5.74) is 7.18. The number of primary amides is 1. The summed E-state index contributed by atoms with van der Waals surface area (Å²) < 4.78 is 0. The molecule has 3 heterocycles. The van der Waals surface area contributed by atoms with Gasteiger partial charge in [0.15, 0.2) is 0 Å². The van der Waals surface area contributed by atoms with Gasteiger partial charge < -0.3 is 16.0 Å². The SMILES string of the molecule is CC1CC(C)CN(C(=O)CN2CCN(CC(=O)Nc3sc4c(c3C(N)=O)CCCC4)CC2)C1. The van der Waals surface area contributed by atoms with Crippen molar-refractivity contribution in [1.29, 1.82) is 0 Å². The Hall–Kier alpha value is -1.97. The Kier molecular flexibility index (Phi) is 7.71. The largest absolute Gasteiger partial charge is 0.365 e. The van der Waals surface area contributed by atoms with E-state index in [-0.39, 0.29) is 18.4 Å². The molecule has 1 aliphatic carbocycles. The maximum absolute atomic E-state index is 12.8. The van der Waals surface area contributed by atoms with E-state index in [9.17, 15) is 14.4 Å². The van der Waals surface area contributed by atoms with Crippen molar-refractivity contribution in [2.24, 2.45) is 17.6 Å². The molecule has 0 bridgehead atoms. The van der Waals surface area contributed by atoms with Crippen LogP contribution in [0.25, 0.3) is 0 Å². The Balaban J connectivity index is 1.25. The van der Waals surface area contributed by atoms with Gasteiger partial charge in [0.05, 0.1) is 18.7 Å². The quantitative estimate of drug-likeness (QED) is 0.654. The minimum absolute atomic E-state index is 0.114. The number of thiophene rings is 1. The van der Waals surface area contributed by atoms with Crippen LogP contribution < -0.4 is 11.1 Å². The molecule has 8 nitrogen and oxygen atoms in total. The monoisotopic (exact) mass is 475 g/mol. The van der Waals surface area contributed by atoms with Gasteiger partial charge in [-0.3, -0.25) is 24.2 Å². The zero-order chi connectivity index (χ0) is 23.5. The third-order valence-electron chi connectivity index (χ3n) is 7.08. The Morgan fingerprint density at radius 2 is 1.58 bits per heavy atom. The lowest BCUT2D eigenvalue weighted by Crippen LogP contribution is -2.52. The molecule has 0 aromatic carbocycles. The van der Waals surface area contributed by atoms with Crippen molar-refractivity contribution in [2.45, 2.75) is 46.0 Å². The van der Waals surface area contributed by atoms with Crippen molar-refractivity contribution in [1.82, 2.24) is 14.7 Å². The molecule has 0 radical (unpaired) electrons. The van der Waals surface area contributed by atoms with Gasteiger partial charge in [-0.2, -0.15) is 0 Å². The van der Waals surface area contributed by atoms with Crippen LogP contribution in [0.4, 0.5) is 5.00 Å². The Labute approximate surface area is 200 Å². The Morgan fingerprint density at radius 1 is 0.970 bits per heavy atom. The van der Waals surface area contributed by atoms with Crippen LogP contribution in [0.1, 0.15) is 53.9 Å².